The van der Waals surface area contributed by atoms with Gasteiger partial charge in [0.25, 0.3) is 0 Å². The number of thioether (sulfide) groups is 1. The van der Waals surface area contributed by atoms with Gasteiger partial charge in [-0.1, -0.05) is 18.5 Å². The zero-order valence-electron chi connectivity index (χ0n) is 11.3. The van der Waals surface area contributed by atoms with E-state index in [0.29, 0.717) is 12.8 Å². The van der Waals surface area contributed by atoms with Gasteiger partial charge in [-0.3, -0.25) is 4.79 Å². The van der Waals surface area contributed by atoms with Gasteiger partial charge in [-0.05, 0) is 56.3 Å². The fourth-order valence-corrected chi connectivity index (χ4v) is 2.92. The molecule has 0 bridgehead atoms. The second-order valence-corrected chi connectivity index (χ2v) is 6.00. The Morgan fingerprint density at radius 1 is 1.42 bits per heavy atom. The van der Waals surface area contributed by atoms with Gasteiger partial charge in [0, 0.05) is 9.92 Å². The molecule has 0 saturated heterocycles. The van der Waals surface area contributed by atoms with Gasteiger partial charge in [0.15, 0.2) is 0 Å². The van der Waals surface area contributed by atoms with Crippen LogP contribution in [0, 0.1) is 0 Å². The molecule has 1 atom stereocenters. The van der Waals surface area contributed by atoms with Crippen LogP contribution in [0.3, 0.4) is 0 Å². The van der Waals surface area contributed by atoms with Gasteiger partial charge >= 0.3 is 5.97 Å². The minimum atomic E-state index is -0.791. The summed E-state index contributed by atoms with van der Waals surface area (Å²) in [5, 5.41) is 13.0. The van der Waals surface area contributed by atoms with Gasteiger partial charge in [0.05, 0.1) is 0 Å². The number of benzene rings is 1. The number of likely N-dealkylation sites (N-methyl/N-ethyl adjacent to an activating group) is 1. The maximum Gasteiger partial charge on any atom is 0.323 e. The molecular weight excluding hydrogens is 282 g/mol. The SMILES string of the molecule is CCC(CCCSc1ccc(Cl)cc1)(NC)C(=O)O. The number of carbonyl (C=O) groups is 1. The third-order valence-electron chi connectivity index (χ3n) is 3.32. The summed E-state index contributed by atoms with van der Waals surface area (Å²) in [5.74, 6) is 0.132. The minimum Gasteiger partial charge on any atom is -0.480 e. The lowest BCUT2D eigenvalue weighted by Crippen LogP contribution is -2.49. The van der Waals surface area contributed by atoms with Gasteiger partial charge in [0.2, 0.25) is 0 Å². The first-order valence-electron chi connectivity index (χ1n) is 6.35. The van der Waals surface area contributed by atoms with Crippen LogP contribution in [0.1, 0.15) is 26.2 Å². The highest BCUT2D eigenvalue weighted by Gasteiger charge is 2.33. The summed E-state index contributed by atoms with van der Waals surface area (Å²) in [6.45, 7) is 1.90. The lowest BCUT2D eigenvalue weighted by Gasteiger charge is -2.27. The lowest BCUT2D eigenvalue weighted by atomic mass is 9.91. The molecule has 106 valence electrons. The molecule has 0 aliphatic rings. The zero-order valence-corrected chi connectivity index (χ0v) is 12.9. The minimum absolute atomic E-state index is 0.588. The van der Waals surface area contributed by atoms with Crippen molar-refractivity contribution in [2.24, 2.45) is 0 Å². The van der Waals surface area contributed by atoms with Gasteiger partial charge in [-0.2, -0.15) is 0 Å². The molecule has 1 unspecified atom stereocenters. The molecule has 3 nitrogen and oxygen atoms in total. The number of carboxylic acid groups (broad SMARTS) is 1. The number of rotatable bonds is 8. The van der Waals surface area contributed by atoms with Crippen molar-refractivity contribution in [1.29, 1.82) is 0 Å². The van der Waals surface area contributed by atoms with Crippen LogP contribution in [-0.2, 0) is 4.79 Å². The Morgan fingerprint density at radius 2 is 2.05 bits per heavy atom. The van der Waals surface area contributed by atoms with E-state index in [1.165, 1.54) is 0 Å². The molecule has 0 aliphatic carbocycles. The lowest BCUT2D eigenvalue weighted by molar-refractivity contribution is -0.145. The molecule has 0 aromatic heterocycles. The predicted molar refractivity (Wildman–Crippen MR) is 81.1 cm³/mol. The van der Waals surface area contributed by atoms with Crippen LogP contribution in [-0.4, -0.2) is 29.4 Å². The van der Waals surface area contributed by atoms with Gasteiger partial charge < -0.3 is 10.4 Å². The molecule has 1 rings (SSSR count). The van der Waals surface area contributed by atoms with Crippen molar-refractivity contribution in [1.82, 2.24) is 5.32 Å². The quantitative estimate of drug-likeness (QED) is 0.568. The maximum atomic E-state index is 11.3. The zero-order chi connectivity index (χ0) is 14.3. The Balaban J connectivity index is 2.41. The van der Waals surface area contributed by atoms with E-state index < -0.39 is 11.5 Å². The number of aliphatic carboxylic acids is 1. The van der Waals surface area contributed by atoms with Crippen LogP contribution in [0.5, 0.6) is 0 Å². The summed E-state index contributed by atoms with van der Waals surface area (Å²) in [6, 6.07) is 7.70. The first kappa shape index (κ1) is 16.3. The highest BCUT2D eigenvalue weighted by Crippen LogP contribution is 2.24. The van der Waals surface area contributed by atoms with Crippen LogP contribution in [0.25, 0.3) is 0 Å². The number of halogens is 1. The highest BCUT2D eigenvalue weighted by molar-refractivity contribution is 7.99. The summed E-state index contributed by atoms with van der Waals surface area (Å²) in [6.07, 6.45) is 2.08. The molecule has 0 saturated carbocycles. The average Bonchev–Trinajstić information content (AvgIpc) is 2.41. The molecule has 0 fully saturated rings. The second kappa shape index (κ2) is 7.78. The summed E-state index contributed by atoms with van der Waals surface area (Å²) in [5.41, 5.74) is -0.791. The largest absolute Gasteiger partial charge is 0.480 e. The third-order valence-corrected chi connectivity index (χ3v) is 4.67. The molecule has 0 heterocycles. The van der Waals surface area contributed by atoms with E-state index in [1.807, 2.05) is 31.2 Å². The van der Waals surface area contributed by atoms with E-state index in [-0.39, 0.29) is 0 Å². The maximum absolute atomic E-state index is 11.3. The van der Waals surface area contributed by atoms with Gasteiger partial charge in [0.1, 0.15) is 5.54 Å². The van der Waals surface area contributed by atoms with Gasteiger partial charge in [-0.25, -0.2) is 0 Å². The van der Waals surface area contributed by atoms with E-state index in [4.69, 9.17) is 11.6 Å². The van der Waals surface area contributed by atoms with Crippen LogP contribution >= 0.6 is 23.4 Å². The fourth-order valence-electron chi connectivity index (χ4n) is 1.94. The van der Waals surface area contributed by atoms with Crippen LogP contribution in [0.4, 0.5) is 0 Å². The summed E-state index contributed by atoms with van der Waals surface area (Å²) >= 11 is 7.55. The van der Waals surface area contributed by atoms with E-state index in [0.717, 1.165) is 22.1 Å². The molecule has 5 heteroatoms. The summed E-state index contributed by atoms with van der Waals surface area (Å²) < 4.78 is 0. The molecule has 1 aromatic carbocycles. The summed E-state index contributed by atoms with van der Waals surface area (Å²) in [4.78, 5) is 12.5. The fraction of sp³-hybridized carbons (Fsp3) is 0.500. The molecule has 0 spiro atoms. The Hall–Kier alpha value is -0.710. The number of hydrogen-bond acceptors (Lipinski definition) is 3. The van der Waals surface area contributed by atoms with E-state index in [2.05, 4.69) is 5.32 Å². The first-order chi connectivity index (χ1) is 9.04. The number of hydrogen-bond donors (Lipinski definition) is 2. The standard InChI is InChI=1S/C14H20ClNO2S/c1-3-14(16-2,13(17)18)9-4-10-19-12-7-5-11(15)6-8-12/h5-8,16H,3-4,9-10H2,1-2H3,(H,17,18). The van der Waals surface area contributed by atoms with E-state index in [1.54, 1.807) is 18.8 Å². The van der Waals surface area contributed by atoms with Crippen molar-refractivity contribution in [3.05, 3.63) is 29.3 Å². The van der Waals surface area contributed by atoms with Crippen LogP contribution < -0.4 is 5.32 Å². The second-order valence-electron chi connectivity index (χ2n) is 4.40. The highest BCUT2D eigenvalue weighted by atomic mass is 35.5. The molecular formula is C14H20ClNO2S. The molecule has 1 aromatic rings. The van der Waals surface area contributed by atoms with Crippen molar-refractivity contribution in [3.63, 3.8) is 0 Å². The third kappa shape index (κ3) is 4.71. The predicted octanol–water partition coefficient (Wildman–Crippen LogP) is 3.67. The molecule has 2 N–H and O–H groups in total. The molecule has 19 heavy (non-hydrogen) atoms. The van der Waals surface area contributed by atoms with Crippen molar-refractivity contribution < 1.29 is 9.90 Å². The van der Waals surface area contributed by atoms with Gasteiger partial charge in [-0.15, -0.1) is 11.8 Å². The average molecular weight is 302 g/mol. The van der Waals surface area contributed by atoms with Crippen molar-refractivity contribution in [3.8, 4) is 0 Å². The smallest absolute Gasteiger partial charge is 0.323 e. The normalized spacial score (nSPS) is 14.1. The number of carboxylic acids is 1. The monoisotopic (exact) mass is 301 g/mol. The molecule has 0 aliphatic heterocycles. The first-order valence-corrected chi connectivity index (χ1v) is 7.71. The Morgan fingerprint density at radius 3 is 2.53 bits per heavy atom. The van der Waals surface area contributed by atoms with E-state index >= 15 is 0 Å². The van der Waals surface area contributed by atoms with Crippen molar-refractivity contribution in [2.75, 3.05) is 12.8 Å². The summed E-state index contributed by atoms with van der Waals surface area (Å²) in [7, 11) is 1.71. The topological polar surface area (TPSA) is 49.3 Å². The molecule has 0 radical (unpaired) electrons. The Labute approximate surface area is 123 Å². The Kier molecular flexibility index (Phi) is 6.69. The van der Waals surface area contributed by atoms with Crippen molar-refractivity contribution >= 4 is 29.3 Å². The van der Waals surface area contributed by atoms with Crippen LogP contribution in [0.15, 0.2) is 29.2 Å². The van der Waals surface area contributed by atoms with E-state index in [9.17, 15) is 9.90 Å². The van der Waals surface area contributed by atoms with Crippen molar-refractivity contribution in [2.45, 2.75) is 36.6 Å². The Bertz CT molecular complexity index is 404. The molecule has 0 amide bonds. The van der Waals surface area contributed by atoms with Crippen LogP contribution in [0.2, 0.25) is 5.02 Å². The number of nitrogens with one attached hydrogen (secondary N) is 1.